The Bertz CT molecular complexity index is 699. The Balaban J connectivity index is 1.39. The number of carbonyl (C=O) groups is 1. The SMILES string of the molecule is CC1CCN(CC(O)CNC(=O)c2ccc(CSc3ncn[nH]3)cc2)CC1. The highest BCUT2D eigenvalue weighted by Gasteiger charge is 2.18. The number of aromatic amines is 1. The number of H-pyrrole nitrogens is 1. The second-order valence-electron chi connectivity index (χ2n) is 7.12. The highest BCUT2D eigenvalue weighted by atomic mass is 32.2. The van der Waals surface area contributed by atoms with Crippen LogP contribution in [-0.2, 0) is 5.75 Å². The standard InChI is InChI=1S/C19H27N5O2S/c1-14-6-8-24(9-7-14)11-17(25)10-20-18(26)16-4-2-15(3-5-16)12-27-19-21-13-22-23-19/h2-5,13-14,17,25H,6-12H2,1H3,(H,20,26)(H,21,22,23). The van der Waals surface area contributed by atoms with Gasteiger partial charge in [-0.3, -0.25) is 9.89 Å². The summed E-state index contributed by atoms with van der Waals surface area (Å²) < 4.78 is 0. The maximum Gasteiger partial charge on any atom is 0.251 e. The van der Waals surface area contributed by atoms with Crippen molar-refractivity contribution in [2.45, 2.75) is 36.8 Å². The third-order valence-electron chi connectivity index (χ3n) is 4.83. The van der Waals surface area contributed by atoms with Crippen LogP contribution in [-0.4, -0.2) is 63.4 Å². The first-order valence-corrected chi connectivity index (χ1v) is 10.3. The summed E-state index contributed by atoms with van der Waals surface area (Å²) in [6.45, 7) is 5.21. The molecular weight excluding hydrogens is 362 g/mol. The Morgan fingerprint density at radius 1 is 1.37 bits per heavy atom. The van der Waals surface area contributed by atoms with E-state index in [0.29, 0.717) is 12.1 Å². The number of piperidine rings is 1. The quantitative estimate of drug-likeness (QED) is 0.597. The number of aliphatic hydroxyl groups excluding tert-OH is 1. The van der Waals surface area contributed by atoms with Crippen LogP contribution in [0.15, 0.2) is 35.7 Å². The Labute approximate surface area is 164 Å². The lowest BCUT2D eigenvalue weighted by molar-refractivity contribution is 0.0795. The zero-order chi connectivity index (χ0) is 19.1. The minimum absolute atomic E-state index is 0.157. The number of hydrogen-bond acceptors (Lipinski definition) is 6. The lowest BCUT2D eigenvalue weighted by atomic mass is 9.99. The normalized spacial score (nSPS) is 17.0. The van der Waals surface area contributed by atoms with Gasteiger partial charge in [-0.2, -0.15) is 5.10 Å². The maximum atomic E-state index is 12.3. The summed E-state index contributed by atoms with van der Waals surface area (Å²) in [5.41, 5.74) is 1.70. The van der Waals surface area contributed by atoms with E-state index in [-0.39, 0.29) is 12.5 Å². The number of aromatic nitrogens is 3. The fourth-order valence-electron chi connectivity index (χ4n) is 3.09. The number of benzene rings is 1. The molecule has 1 aliphatic heterocycles. The summed E-state index contributed by atoms with van der Waals surface area (Å²) in [6.07, 6.45) is 3.30. The first kappa shape index (κ1) is 19.9. The summed E-state index contributed by atoms with van der Waals surface area (Å²) >= 11 is 1.56. The van der Waals surface area contributed by atoms with E-state index in [1.165, 1.54) is 19.2 Å². The Kier molecular flexibility index (Phi) is 7.25. The topological polar surface area (TPSA) is 94.1 Å². The fraction of sp³-hybridized carbons (Fsp3) is 0.526. The van der Waals surface area contributed by atoms with Crippen molar-refractivity contribution in [3.63, 3.8) is 0 Å². The van der Waals surface area contributed by atoms with Crippen LogP contribution in [0.5, 0.6) is 0 Å². The number of thioether (sulfide) groups is 1. The van der Waals surface area contributed by atoms with Crippen LogP contribution >= 0.6 is 11.8 Å². The van der Waals surface area contributed by atoms with Gasteiger partial charge in [0.1, 0.15) is 6.33 Å². The van der Waals surface area contributed by atoms with E-state index in [1.807, 2.05) is 24.3 Å². The predicted octanol–water partition coefficient (Wildman–Crippen LogP) is 1.92. The average Bonchev–Trinajstić information content (AvgIpc) is 3.20. The van der Waals surface area contributed by atoms with E-state index < -0.39 is 6.10 Å². The second kappa shape index (κ2) is 9.87. The molecule has 0 bridgehead atoms. The zero-order valence-electron chi connectivity index (χ0n) is 15.6. The highest BCUT2D eigenvalue weighted by Crippen LogP contribution is 2.18. The molecule has 2 heterocycles. The van der Waals surface area contributed by atoms with Crippen molar-refractivity contribution in [3.8, 4) is 0 Å². The molecule has 1 aromatic heterocycles. The number of amides is 1. The summed E-state index contributed by atoms with van der Waals surface area (Å²) in [7, 11) is 0. The van der Waals surface area contributed by atoms with E-state index in [2.05, 4.69) is 32.3 Å². The van der Waals surface area contributed by atoms with Gasteiger partial charge in [-0.15, -0.1) is 0 Å². The molecule has 1 saturated heterocycles. The summed E-state index contributed by atoms with van der Waals surface area (Å²) in [5.74, 6) is 1.37. The van der Waals surface area contributed by atoms with Gasteiger partial charge in [0, 0.05) is 24.4 Å². The number of carbonyl (C=O) groups excluding carboxylic acids is 1. The number of rotatable bonds is 8. The molecule has 0 saturated carbocycles. The van der Waals surface area contributed by atoms with E-state index in [4.69, 9.17) is 0 Å². The van der Waals surface area contributed by atoms with Crippen LogP contribution in [0, 0.1) is 5.92 Å². The van der Waals surface area contributed by atoms with Crippen molar-refractivity contribution < 1.29 is 9.90 Å². The van der Waals surface area contributed by atoms with Crippen LogP contribution in [0.1, 0.15) is 35.7 Å². The van der Waals surface area contributed by atoms with E-state index in [1.54, 1.807) is 11.8 Å². The molecule has 7 nitrogen and oxygen atoms in total. The molecule has 1 atom stereocenters. The van der Waals surface area contributed by atoms with Gasteiger partial charge in [-0.1, -0.05) is 30.8 Å². The zero-order valence-corrected chi connectivity index (χ0v) is 16.4. The maximum absolute atomic E-state index is 12.3. The molecule has 2 aromatic rings. The second-order valence-corrected chi connectivity index (χ2v) is 8.09. The van der Waals surface area contributed by atoms with Gasteiger partial charge < -0.3 is 15.3 Å². The van der Waals surface area contributed by atoms with Crippen molar-refractivity contribution in [1.82, 2.24) is 25.4 Å². The van der Waals surface area contributed by atoms with Crippen molar-refractivity contribution in [3.05, 3.63) is 41.7 Å². The third kappa shape index (κ3) is 6.34. The van der Waals surface area contributed by atoms with Gasteiger partial charge in [0.2, 0.25) is 0 Å². The van der Waals surface area contributed by atoms with Crippen LogP contribution in [0.3, 0.4) is 0 Å². The molecule has 3 N–H and O–H groups in total. The Morgan fingerprint density at radius 2 is 2.11 bits per heavy atom. The minimum atomic E-state index is -0.542. The Morgan fingerprint density at radius 3 is 2.78 bits per heavy atom. The molecule has 0 aliphatic carbocycles. The summed E-state index contributed by atoms with van der Waals surface area (Å²) in [5, 5.41) is 20.4. The predicted molar refractivity (Wildman–Crippen MR) is 106 cm³/mol. The van der Waals surface area contributed by atoms with Gasteiger partial charge >= 0.3 is 0 Å². The summed E-state index contributed by atoms with van der Waals surface area (Å²) in [6, 6.07) is 7.49. The Hall–Kier alpha value is -1.90. The third-order valence-corrected chi connectivity index (χ3v) is 5.78. The fourth-order valence-corrected chi connectivity index (χ4v) is 3.82. The largest absolute Gasteiger partial charge is 0.390 e. The molecule has 27 heavy (non-hydrogen) atoms. The molecule has 146 valence electrons. The van der Waals surface area contributed by atoms with Gasteiger partial charge in [0.05, 0.1) is 6.10 Å². The first-order chi connectivity index (χ1) is 13.1. The molecular formula is C19H27N5O2S. The first-order valence-electron chi connectivity index (χ1n) is 9.36. The van der Waals surface area contributed by atoms with Gasteiger partial charge in [0.15, 0.2) is 5.16 Å². The van der Waals surface area contributed by atoms with E-state index in [0.717, 1.165) is 35.5 Å². The smallest absolute Gasteiger partial charge is 0.251 e. The molecule has 3 rings (SSSR count). The van der Waals surface area contributed by atoms with E-state index in [9.17, 15) is 9.90 Å². The van der Waals surface area contributed by atoms with Crippen molar-refractivity contribution in [2.75, 3.05) is 26.2 Å². The lowest BCUT2D eigenvalue weighted by Crippen LogP contribution is -2.43. The monoisotopic (exact) mass is 389 g/mol. The van der Waals surface area contributed by atoms with Crippen LogP contribution in [0.25, 0.3) is 0 Å². The van der Waals surface area contributed by atoms with Crippen molar-refractivity contribution in [2.24, 2.45) is 5.92 Å². The molecule has 1 aromatic carbocycles. The van der Waals surface area contributed by atoms with Crippen molar-refractivity contribution in [1.29, 1.82) is 0 Å². The number of nitrogens with zero attached hydrogens (tertiary/aromatic N) is 3. The minimum Gasteiger partial charge on any atom is -0.390 e. The van der Waals surface area contributed by atoms with E-state index >= 15 is 0 Å². The molecule has 0 spiro atoms. The van der Waals surface area contributed by atoms with Crippen molar-refractivity contribution >= 4 is 17.7 Å². The average molecular weight is 390 g/mol. The molecule has 1 amide bonds. The molecule has 1 unspecified atom stereocenters. The number of aliphatic hydroxyl groups is 1. The number of nitrogens with one attached hydrogen (secondary N) is 2. The molecule has 8 heteroatoms. The molecule has 1 aliphatic rings. The van der Waals surface area contributed by atoms with Crippen LogP contribution in [0.4, 0.5) is 0 Å². The molecule has 1 fully saturated rings. The number of likely N-dealkylation sites (tertiary alicyclic amines) is 1. The van der Waals surface area contributed by atoms with Gasteiger partial charge in [-0.05, 0) is 49.5 Å². The number of hydrogen-bond donors (Lipinski definition) is 3. The number of β-amino-alcohol motifs (C(OH)–C–C–N with tert-alkyl or cyclic N) is 1. The summed E-state index contributed by atoms with van der Waals surface area (Å²) in [4.78, 5) is 18.6. The van der Waals surface area contributed by atoms with Crippen LogP contribution < -0.4 is 5.32 Å². The lowest BCUT2D eigenvalue weighted by Gasteiger charge is -2.31. The molecule has 0 radical (unpaired) electrons. The van der Waals surface area contributed by atoms with Gasteiger partial charge in [-0.25, -0.2) is 4.98 Å². The van der Waals surface area contributed by atoms with Crippen LogP contribution in [0.2, 0.25) is 0 Å². The van der Waals surface area contributed by atoms with Gasteiger partial charge in [0.25, 0.3) is 5.91 Å². The highest BCUT2D eigenvalue weighted by molar-refractivity contribution is 7.98.